The van der Waals surface area contributed by atoms with Gasteiger partial charge in [-0.25, -0.2) is 0 Å². The Balaban J connectivity index is 2.03. The molecule has 0 saturated heterocycles. The van der Waals surface area contributed by atoms with Gasteiger partial charge in [0.25, 0.3) is 5.89 Å². The van der Waals surface area contributed by atoms with Crippen molar-refractivity contribution in [1.29, 1.82) is 0 Å². The highest BCUT2D eigenvalue weighted by molar-refractivity contribution is 5.43. The summed E-state index contributed by atoms with van der Waals surface area (Å²) in [6.45, 7) is 6.70. The first-order valence-electron chi connectivity index (χ1n) is 7.02. The molecule has 1 aromatic heterocycles. The van der Waals surface area contributed by atoms with Crippen molar-refractivity contribution in [2.24, 2.45) is 0 Å². The summed E-state index contributed by atoms with van der Waals surface area (Å²) in [7, 11) is 0. The minimum atomic E-state index is -0.534. The molecule has 2 N–H and O–H groups in total. The van der Waals surface area contributed by atoms with Crippen molar-refractivity contribution in [3.05, 3.63) is 36.0 Å². The molecule has 6 nitrogen and oxygen atoms in total. The standard InChI is InChI=1S/C15H21N3O3/c1-4-15(3,20-5-2)14-17-13(21-18-14)10-19-12-8-6-7-11(16)9-12/h6-9H,4-5,10,16H2,1-3H3. The number of benzene rings is 1. The molecule has 0 aliphatic heterocycles. The number of nitrogen functional groups attached to an aromatic ring is 1. The average molecular weight is 291 g/mol. The molecule has 21 heavy (non-hydrogen) atoms. The van der Waals surface area contributed by atoms with Crippen LogP contribution in [0.5, 0.6) is 5.75 Å². The van der Waals surface area contributed by atoms with Crippen molar-refractivity contribution in [1.82, 2.24) is 10.1 Å². The van der Waals surface area contributed by atoms with Crippen LogP contribution in [0.25, 0.3) is 0 Å². The highest BCUT2D eigenvalue weighted by Gasteiger charge is 2.30. The number of hydrogen-bond acceptors (Lipinski definition) is 6. The molecule has 0 aliphatic carbocycles. The summed E-state index contributed by atoms with van der Waals surface area (Å²) < 4.78 is 16.5. The lowest BCUT2D eigenvalue weighted by atomic mass is 10.0. The first-order chi connectivity index (χ1) is 10.1. The van der Waals surface area contributed by atoms with Gasteiger partial charge in [0, 0.05) is 18.4 Å². The minimum absolute atomic E-state index is 0.197. The van der Waals surface area contributed by atoms with E-state index < -0.39 is 5.60 Å². The number of nitrogens with zero attached hydrogens (tertiary/aromatic N) is 2. The highest BCUT2D eigenvalue weighted by Crippen LogP contribution is 2.26. The normalized spacial score (nSPS) is 13.9. The lowest BCUT2D eigenvalue weighted by Gasteiger charge is -2.23. The molecule has 0 aliphatic rings. The zero-order valence-corrected chi connectivity index (χ0v) is 12.6. The van der Waals surface area contributed by atoms with Gasteiger partial charge in [-0.05, 0) is 32.4 Å². The van der Waals surface area contributed by atoms with Crippen molar-refractivity contribution < 1.29 is 14.0 Å². The van der Waals surface area contributed by atoms with E-state index in [4.69, 9.17) is 19.7 Å². The Morgan fingerprint density at radius 3 is 2.81 bits per heavy atom. The van der Waals surface area contributed by atoms with Crippen LogP contribution < -0.4 is 10.5 Å². The second kappa shape index (κ2) is 6.58. The summed E-state index contributed by atoms with van der Waals surface area (Å²) in [6.07, 6.45) is 0.760. The fraction of sp³-hybridized carbons (Fsp3) is 0.467. The Hall–Kier alpha value is -2.08. The van der Waals surface area contributed by atoms with Crippen molar-refractivity contribution >= 4 is 5.69 Å². The van der Waals surface area contributed by atoms with E-state index in [0.717, 1.165) is 6.42 Å². The third kappa shape index (κ3) is 3.72. The van der Waals surface area contributed by atoms with Crippen LogP contribution in [0.4, 0.5) is 5.69 Å². The molecule has 114 valence electrons. The molecule has 6 heteroatoms. The van der Waals surface area contributed by atoms with Gasteiger partial charge in [-0.1, -0.05) is 18.1 Å². The van der Waals surface area contributed by atoms with Crippen LogP contribution in [0.1, 0.15) is 38.9 Å². The number of anilines is 1. The Labute approximate surface area is 124 Å². The molecule has 1 heterocycles. The summed E-state index contributed by atoms with van der Waals surface area (Å²) in [4.78, 5) is 4.35. The number of hydrogen-bond donors (Lipinski definition) is 1. The molecule has 0 spiro atoms. The molecule has 0 fully saturated rings. The average Bonchev–Trinajstić information content (AvgIpc) is 2.95. The van der Waals surface area contributed by atoms with E-state index in [1.54, 1.807) is 12.1 Å². The predicted molar refractivity (Wildman–Crippen MR) is 78.8 cm³/mol. The molecule has 0 radical (unpaired) electrons. The smallest absolute Gasteiger partial charge is 0.264 e. The molecule has 1 aromatic carbocycles. The lowest BCUT2D eigenvalue weighted by molar-refractivity contribution is -0.0403. The zero-order valence-electron chi connectivity index (χ0n) is 12.6. The SMILES string of the molecule is CCOC(C)(CC)c1noc(COc2cccc(N)c2)n1. The topological polar surface area (TPSA) is 83.4 Å². The Bertz CT molecular complexity index is 585. The number of aromatic nitrogens is 2. The number of ether oxygens (including phenoxy) is 2. The maximum absolute atomic E-state index is 5.71. The lowest BCUT2D eigenvalue weighted by Crippen LogP contribution is -2.26. The summed E-state index contributed by atoms with van der Waals surface area (Å²) in [5, 5.41) is 3.99. The number of rotatable bonds is 7. The highest BCUT2D eigenvalue weighted by atomic mass is 16.5. The van der Waals surface area contributed by atoms with E-state index >= 15 is 0 Å². The summed E-state index contributed by atoms with van der Waals surface area (Å²) in [5.41, 5.74) is 5.80. The van der Waals surface area contributed by atoms with Crippen molar-refractivity contribution in [3.8, 4) is 5.75 Å². The third-order valence-corrected chi connectivity index (χ3v) is 3.30. The molecule has 1 atom stereocenters. The molecule has 1 unspecified atom stereocenters. The van der Waals surface area contributed by atoms with Gasteiger partial charge in [-0.2, -0.15) is 4.98 Å². The van der Waals surface area contributed by atoms with Gasteiger partial charge in [-0.15, -0.1) is 0 Å². The summed E-state index contributed by atoms with van der Waals surface area (Å²) in [6, 6.07) is 7.19. The molecule has 2 rings (SSSR count). The van der Waals surface area contributed by atoms with Gasteiger partial charge in [-0.3, -0.25) is 0 Å². The second-order valence-electron chi connectivity index (χ2n) is 4.89. The quantitative estimate of drug-likeness (QED) is 0.790. The summed E-state index contributed by atoms with van der Waals surface area (Å²) >= 11 is 0. The van der Waals surface area contributed by atoms with Gasteiger partial charge in [0.2, 0.25) is 5.82 Å². The van der Waals surface area contributed by atoms with Gasteiger partial charge < -0.3 is 19.7 Å². The van der Waals surface area contributed by atoms with Crippen LogP contribution in [0.15, 0.2) is 28.8 Å². The Kier molecular flexibility index (Phi) is 4.80. The van der Waals surface area contributed by atoms with E-state index in [1.807, 2.05) is 32.9 Å². The molecule has 0 saturated carbocycles. The molecular formula is C15H21N3O3. The molecule has 0 amide bonds. The Morgan fingerprint density at radius 1 is 1.33 bits per heavy atom. The fourth-order valence-corrected chi connectivity index (χ4v) is 1.92. The van der Waals surface area contributed by atoms with Crippen LogP contribution in [0.3, 0.4) is 0 Å². The fourth-order valence-electron chi connectivity index (χ4n) is 1.92. The van der Waals surface area contributed by atoms with E-state index in [9.17, 15) is 0 Å². The number of nitrogens with two attached hydrogens (primary N) is 1. The van der Waals surface area contributed by atoms with Gasteiger partial charge in [0.05, 0.1) is 0 Å². The first kappa shape index (κ1) is 15.3. The van der Waals surface area contributed by atoms with Gasteiger partial charge >= 0.3 is 0 Å². The minimum Gasteiger partial charge on any atom is -0.484 e. The van der Waals surface area contributed by atoms with Crippen LogP contribution in [-0.4, -0.2) is 16.7 Å². The van der Waals surface area contributed by atoms with E-state index in [-0.39, 0.29) is 6.61 Å². The van der Waals surface area contributed by atoms with Crippen molar-refractivity contribution in [2.45, 2.75) is 39.4 Å². The van der Waals surface area contributed by atoms with Gasteiger partial charge in [0.1, 0.15) is 11.4 Å². The molecule has 0 bridgehead atoms. The largest absolute Gasteiger partial charge is 0.484 e. The monoisotopic (exact) mass is 291 g/mol. The maximum atomic E-state index is 5.71. The van der Waals surface area contributed by atoms with Gasteiger partial charge in [0.15, 0.2) is 6.61 Å². The van der Waals surface area contributed by atoms with Crippen LogP contribution in [-0.2, 0) is 16.9 Å². The van der Waals surface area contributed by atoms with E-state index in [2.05, 4.69) is 10.1 Å². The van der Waals surface area contributed by atoms with E-state index in [0.29, 0.717) is 29.8 Å². The maximum Gasteiger partial charge on any atom is 0.264 e. The third-order valence-electron chi connectivity index (χ3n) is 3.30. The zero-order chi connectivity index (χ0) is 15.3. The van der Waals surface area contributed by atoms with Crippen LogP contribution in [0, 0.1) is 0 Å². The summed E-state index contributed by atoms with van der Waals surface area (Å²) in [5.74, 6) is 1.61. The molecule has 2 aromatic rings. The van der Waals surface area contributed by atoms with E-state index in [1.165, 1.54) is 0 Å². The first-order valence-corrected chi connectivity index (χ1v) is 7.02. The van der Waals surface area contributed by atoms with Crippen LogP contribution in [0.2, 0.25) is 0 Å². The second-order valence-corrected chi connectivity index (χ2v) is 4.89. The van der Waals surface area contributed by atoms with Crippen molar-refractivity contribution in [3.63, 3.8) is 0 Å². The Morgan fingerprint density at radius 2 is 2.14 bits per heavy atom. The van der Waals surface area contributed by atoms with Crippen LogP contribution >= 0.6 is 0 Å². The predicted octanol–water partition coefficient (Wildman–Crippen LogP) is 2.89. The molecular weight excluding hydrogens is 270 g/mol. The van der Waals surface area contributed by atoms with Crippen molar-refractivity contribution in [2.75, 3.05) is 12.3 Å².